The van der Waals surface area contributed by atoms with Gasteiger partial charge in [0.25, 0.3) is 5.56 Å². The summed E-state index contributed by atoms with van der Waals surface area (Å²) in [6, 6.07) is 3.86. The summed E-state index contributed by atoms with van der Waals surface area (Å²) in [7, 11) is 0. The van der Waals surface area contributed by atoms with Gasteiger partial charge >= 0.3 is 0 Å². The number of anilines is 1. The van der Waals surface area contributed by atoms with Crippen LogP contribution in [0.25, 0.3) is 10.9 Å². The molecule has 3 N–H and O–H groups in total. The van der Waals surface area contributed by atoms with Crippen LogP contribution in [0.4, 0.5) is 5.82 Å². The Labute approximate surface area is 202 Å². The summed E-state index contributed by atoms with van der Waals surface area (Å²) in [5.74, 6) is 1.57. The van der Waals surface area contributed by atoms with Gasteiger partial charge in [-0.3, -0.25) is 19.1 Å². The first-order chi connectivity index (χ1) is 16.5. The van der Waals surface area contributed by atoms with E-state index in [0.29, 0.717) is 6.54 Å². The number of halogens is 1. The molecule has 180 valence electrons. The van der Waals surface area contributed by atoms with Gasteiger partial charge in [0, 0.05) is 37.8 Å². The number of nitrogens with one attached hydrogen (secondary N) is 3. The van der Waals surface area contributed by atoms with Crippen LogP contribution in [-0.2, 0) is 17.9 Å². The summed E-state index contributed by atoms with van der Waals surface area (Å²) in [5, 5.41) is 7.11. The molecule has 0 aromatic carbocycles. The Kier molecular flexibility index (Phi) is 6.82. The number of aromatic amines is 1. The lowest BCUT2D eigenvalue weighted by Gasteiger charge is -2.22. The number of amides is 1. The molecule has 34 heavy (non-hydrogen) atoms. The second-order valence-corrected chi connectivity index (χ2v) is 9.80. The standard InChI is InChI=1S/C24H30ClN7O2/c25-21-12-30-23(27-7-8-31(13-16-1-2-16)14-17-3-4-17)24(34)32(21)15-22(33)29-10-19-9-18-5-6-26-20(18)11-28-19/h5-6,9,11-12,16-17,26H,1-4,7-8,10,13-15H2,(H,27,30)(H,29,33). The zero-order chi connectivity index (χ0) is 23.5. The molecule has 2 aliphatic rings. The Morgan fingerprint density at radius 2 is 1.94 bits per heavy atom. The molecule has 10 heteroatoms. The molecule has 0 atom stereocenters. The van der Waals surface area contributed by atoms with Crippen LogP contribution in [0.15, 0.2) is 35.5 Å². The third kappa shape index (κ3) is 5.95. The van der Waals surface area contributed by atoms with Crippen molar-refractivity contribution < 1.29 is 4.79 Å². The van der Waals surface area contributed by atoms with Gasteiger partial charge in [0.05, 0.1) is 30.1 Å². The van der Waals surface area contributed by atoms with E-state index >= 15 is 0 Å². The van der Waals surface area contributed by atoms with E-state index in [9.17, 15) is 9.59 Å². The van der Waals surface area contributed by atoms with Crippen molar-refractivity contribution in [3.05, 3.63) is 51.9 Å². The summed E-state index contributed by atoms with van der Waals surface area (Å²) in [4.78, 5) is 39.5. The van der Waals surface area contributed by atoms with Gasteiger partial charge in [-0.2, -0.15) is 0 Å². The summed E-state index contributed by atoms with van der Waals surface area (Å²) in [5.41, 5.74) is 1.27. The minimum Gasteiger partial charge on any atom is -0.364 e. The largest absolute Gasteiger partial charge is 0.364 e. The number of fused-ring (bicyclic) bond motifs is 1. The van der Waals surface area contributed by atoms with E-state index in [2.05, 4.69) is 30.5 Å². The number of carbonyl (C=O) groups is 1. The fraction of sp³-hybridized carbons (Fsp3) is 0.500. The van der Waals surface area contributed by atoms with E-state index < -0.39 is 5.56 Å². The zero-order valence-electron chi connectivity index (χ0n) is 19.1. The number of pyridine rings is 1. The maximum Gasteiger partial charge on any atom is 0.294 e. The Morgan fingerprint density at radius 3 is 2.68 bits per heavy atom. The van der Waals surface area contributed by atoms with Crippen molar-refractivity contribution in [3.63, 3.8) is 0 Å². The Bertz CT molecular complexity index is 1200. The normalized spacial score (nSPS) is 15.7. The molecular weight excluding hydrogens is 454 g/mol. The number of aromatic nitrogens is 4. The Morgan fingerprint density at radius 1 is 1.18 bits per heavy atom. The molecule has 0 aliphatic heterocycles. The predicted molar refractivity (Wildman–Crippen MR) is 132 cm³/mol. The first kappa shape index (κ1) is 22.9. The quantitative estimate of drug-likeness (QED) is 0.365. The minimum absolute atomic E-state index is 0.127. The SMILES string of the molecule is O=C(Cn1c(Cl)cnc(NCCN(CC2CC2)CC2CC2)c1=O)NCc1cc2cc[nH]c2cn1. The van der Waals surface area contributed by atoms with Gasteiger partial charge in [-0.25, -0.2) is 4.98 Å². The van der Waals surface area contributed by atoms with Crippen molar-refractivity contribution in [2.45, 2.75) is 38.8 Å². The van der Waals surface area contributed by atoms with Crippen LogP contribution < -0.4 is 16.2 Å². The number of rotatable bonds is 12. The van der Waals surface area contributed by atoms with Crippen LogP contribution in [0.1, 0.15) is 31.4 Å². The van der Waals surface area contributed by atoms with Gasteiger partial charge in [0.15, 0.2) is 5.82 Å². The lowest BCUT2D eigenvalue weighted by molar-refractivity contribution is -0.121. The number of hydrogen-bond donors (Lipinski definition) is 3. The maximum atomic E-state index is 12.9. The van der Waals surface area contributed by atoms with E-state index in [1.54, 1.807) is 6.20 Å². The monoisotopic (exact) mass is 483 g/mol. The molecule has 3 aromatic heterocycles. The predicted octanol–water partition coefficient (Wildman–Crippen LogP) is 2.62. The molecule has 9 nitrogen and oxygen atoms in total. The van der Waals surface area contributed by atoms with Crippen molar-refractivity contribution in [1.29, 1.82) is 0 Å². The van der Waals surface area contributed by atoms with Crippen LogP contribution in [0, 0.1) is 11.8 Å². The lowest BCUT2D eigenvalue weighted by Crippen LogP contribution is -2.36. The highest BCUT2D eigenvalue weighted by molar-refractivity contribution is 6.29. The molecule has 2 fully saturated rings. The van der Waals surface area contributed by atoms with Gasteiger partial charge < -0.3 is 20.5 Å². The minimum atomic E-state index is -0.398. The zero-order valence-corrected chi connectivity index (χ0v) is 19.9. The van der Waals surface area contributed by atoms with Gasteiger partial charge in [0.1, 0.15) is 11.7 Å². The molecule has 0 unspecified atom stereocenters. The molecule has 3 aromatic rings. The highest BCUT2D eigenvalue weighted by Gasteiger charge is 2.28. The fourth-order valence-corrected chi connectivity index (χ4v) is 4.32. The fourth-order valence-electron chi connectivity index (χ4n) is 4.14. The molecule has 1 amide bonds. The number of nitrogens with zero attached hydrogens (tertiary/aromatic N) is 4. The van der Waals surface area contributed by atoms with Crippen LogP contribution in [0.2, 0.25) is 5.15 Å². The molecule has 0 saturated heterocycles. The van der Waals surface area contributed by atoms with Crippen LogP contribution in [-0.4, -0.2) is 56.5 Å². The summed E-state index contributed by atoms with van der Waals surface area (Å²) >= 11 is 6.20. The van der Waals surface area contributed by atoms with E-state index in [1.165, 1.54) is 36.4 Å². The van der Waals surface area contributed by atoms with Crippen LogP contribution in [0.5, 0.6) is 0 Å². The van der Waals surface area contributed by atoms with Crippen molar-refractivity contribution in [1.82, 2.24) is 29.7 Å². The van der Waals surface area contributed by atoms with Gasteiger partial charge in [-0.15, -0.1) is 0 Å². The van der Waals surface area contributed by atoms with E-state index in [0.717, 1.165) is 48.1 Å². The second-order valence-electron chi connectivity index (χ2n) is 9.41. The highest BCUT2D eigenvalue weighted by atomic mass is 35.5. The first-order valence-electron chi connectivity index (χ1n) is 12.0. The molecule has 5 rings (SSSR count). The van der Waals surface area contributed by atoms with Crippen molar-refractivity contribution >= 4 is 34.2 Å². The molecule has 0 bridgehead atoms. The van der Waals surface area contributed by atoms with Gasteiger partial charge in [-0.1, -0.05) is 11.6 Å². The van der Waals surface area contributed by atoms with Crippen LogP contribution in [0.3, 0.4) is 0 Å². The van der Waals surface area contributed by atoms with E-state index in [1.807, 2.05) is 18.3 Å². The highest BCUT2D eigenvalue weighted by Crippen LogP contribution is 2.33. The number of hydrogen-bond acceptors (Lipinski definition) is 6. The Hall–Kier alpha value is -2.91. The van der Waals surface area contributed by atoms with Crippen molar-refractivity contribution in [2.24, 2.45) is 11.8 Å². The third-order valence-electron chi connectivity index (χ3n) is 6.42. The summed E-state index contributed by atoms with van der Waals surface area (Å²) in [6.07, 6.45) is 10.3. The van der Waals surface area contributed by atoms with Crippen molar-refractivity contribution in [2.75, 3.05) is 31.5 Å². The molecule has 2 saturated carbocycles. The summed E-state index contributed by atoms with van der Waals surface area (Å²) in [6.45, 7) is 3.86. The lowest BCUT2D eigenvalue weighted by atomic mass is 10.2. The smallest absolute Gasteiger partial charge is 0.294 e. The topological polar surface area (TPSA) is 108 Å². The molecule has 0 radical (unpaired) electrons. The first-order valence-corrected chi connectivity index (χ1v) is 12.3. The molecular formula is C24H30ClN7O2. The number of H-pyrrole nitrogens is 1. The average Bonchev–Trinajstić information content (AvgIpc) is 3.76. The molecule has 3 heterocycles. The van der Waals surface area contributed by atoms with E-state index in [-0.39, 0.29) is 30.0 Å². The molecule has 2 aliphatic carbocycles. The van der Waals surface area contributed by atoms with Gasteiger partial charge in [0.2, 0.25) is 5.91 Å². The summed E-state index contributed by atoms with van der Waals surface area (Å²) < 4.78 is 1.24. The Balaban J connectivity index is 1.15. The molecule has 0 spiro atoms. The van der Waals surface area contributed by atoms with Gasteiger partial charge in [-0.05, 0) is 49.7 Å². The second kappa shape index (κ2) is 10.1. The van der Waals surface area contributed by atoms with E-state index in [4.69, 9.17) is 11.6 Å². The number of carbonyl (C=O) groups excluding carboxylic acids is 1. The average molecular weight is 484 g/mol. The van der Waals surface area contributed by atoms with Crippen molar-refractivity contribution in [3.8, 4) is 0 Å². The van der Waals surface area contributed by atoms with Crippen LogP contribution >= 0.6 is 11.6 Å². The third-order valence-corrected chi connectivity index (χ3v) is 6.72. The maximum absolute atomic E-state index is 12.9.